The lowest BCUT2D eigenvalue weighted by atomic mass is 10.1. The van der Waals surface area contributed by atoms with Gasteiger partial charge in [0.1, 0.15) is 6.10 Å². The summed E-state index contributed by atoms with van der Waals surface area (Å²) in [6, 6.07) is 12.2. The molecule has 0 aromatic heterocycles. The maximum absolute atomic E-state index is 9.47. The van der Waals surface area contributed by atoms with Crippen molar-refractivity contribution in [1.82, 2.24) is 6.15 Å². The number of nitrogens with two attached hydrogens (primary N) is 1. The van der Waals surface area contributed by atoms with E-state index in [0.29, 0.717) is 18.6 Å². The Labute approximate surface area is 194 Å². The predicted octanol–water partition coefficient (Wildman–Crippen LogP) is 3.95. The fraction of sp³-hybridized carbons (Fsp3) is 0.455. The fourth-order valence-electron chi connectivity index (χ4n) is 3.96. The first-order chi connectivity index (χ1) is 13.5. The SMILES string of the molecule is Brc1ccc2c(c1)C[C@@H]1O[C@H]21.C1CCOC1.N.N[C@H]1c2ccc(Br)cc2C[C@@H]1O.O. The molecule has 0 amide bonds. The van der Waals surface area contributed by atoms with E-state index in [-0.39, 0.29) is 17.7 Å². The summed E-state index contributed by atoms with van der Waals surface area (Å²) in [4.78, 5) is 0. The molecule has 6 nitrogen and oxygen atoms in total. The van der Waals surface area contributed by atoms with Crippen LogP contribution < -0.4 is 11.9 Å². The molecule has 0 radical (unpaired) electrons. The molecule has 0 unspecified atom stereocenters. The summed E-state index contributed by atoms with van der Waals surface area (Å²) in [6.07, 6.45) is 4.89. The highest BCUT2D eigenvalue weighted by atomic mass is 79.9. The third kappa shape index (κ3) is 5.89. The number of fused-ring (bicyclic) bond motifs is 4. The molecule has 2 saturated heterocycles. The summed E-state index contributed by atoms with van der Waals surface area (Å²) in [5.74, 6) is 0. The van der Waals surface area contributed by atoms with Gasteiger partial charge in [-0.25, -0.2) is 0 Å². The summed E-state index contributed by atoms with van der Waals surface area (Å²) in [5.41, 5.74) is 10.9. The minimum Gasteiger partial charge on any atom is -0.412 e. The summed E-state index contributed by atoms with van der Waals surface area (Å²) in [5, 5.41) is 9.47. The first-order valence-corrected chi connectivity index (χ1v) is 11.3. The van der Waals surface area contributed by atoms with Gasteiger partial charge in [-0.3, -0.25) is 0 Å². The third-order valence-electron chi connectivity index (χ3n) is 5.55. The highest BCUT2D eigenvalue weighted by molar-refractivity contribution is 9.10. The molecule has 2 aromatic carbocycles. The molecule has 166 valence electrons. The van der Waals surface area contributed by atoms with Crippen LogP contribution in [-0.4, -0.2) is 36.0 Å². The zero-order chi connectivity index (χ0) is 19.7. The van der Waals surface area contributed by atoms with Crippen LogP contribution in [0.4, 0.5) is 0 Å². The Kier molecular flexibility index (Phi) is 9.45. The van der Waals surface area contributed by atoms with E-state index in [2.05, 4.69) is 50.1 Å². The van der Waals surface area contributed by atoms with Gasteiger partial charge in [0.15, 0.2) is 0 Å². The van der Waals surface area contributed by atoms with Crippen molar-refractivity contribution >= 4 is 31.9 Å². The van der Waals surface area contributed by atoms with Gasteiger partial charge in [0.2, 0.25) is 0 Å². The number of hydrogen-bond acceptors (Lipinski definition) is 5. The first-order valence-electron chi connectivity index (χ1n) is 9.76. The molecule has 4 atom stereocenters. The number of aliphatic hydroxyl groups excluding tert-OH is 1. The van der Waals surface area contributed by atoms with Gasteiger partial charge in [-0.15, -0.1) is 0 Å². The van der Waals surface area contributed by atoms with Crippen LogP contribution in [0.5, 0.6) is 0 Å². The second kappa shape index (κ2) is 11.2. The number of ether oxygens (including phenoxy) is 2. The average molecular weight is 546 g/mol. The number of aliphatic hydroxyl groups is 1. The lowest BCUT2D eigenvalue weighted by molar-refractivity contribution is 0.158. The number of benzene rings is 2. The lowest BCUT2D eigenvalue weighted by Gasteiger charge is -2.07. The minimum absolute atomic E-state index is 0. The third-order valence-corrected chi connectivity index (χ3v) is 6.54. The van der Waals surface area contributed by atoms with Gasteiger partial charge in [0.25, 0.3) is 0 Å². The van der Waals surface area contributed by atoms with Crippen LogP contribution in [-0.2, 0) is 22.3 Å². The Morgan fingerprint density at radius 2 is 1.47 bits per heavy atom. The molecule has 2 aliphatic heterocycles. The summed E-state index contributed by atoms with van der Waals surface area (Å²) >= 11 is 6.84. The van der Waals surface area contributed by atoms with Crippen molar-refractivity contribution < 1.29 is 20.1 Å². The molecule has 0 bridgehead atoms. The molecular weight excluding hydrogens is 516 g/mol. The van der Waals surface area contributed by atoms with E-state index in [4.69, 9.17) is 15.2 Å². The Bertz CT molecular complexity index is 840. The molecule has 6 rings (SSSR count). The van der Waals surface area contributed by atoms with Crippen molar-refractivity contribution in [3.63, 3.8) is 0 Å². The van der Waals surface area contributed by atoms with Crippen LogP contribution >= 0.6 is 31.9 Å². The Morgan fingerprint density at radius 1 is 0.900 bits per heavy atom. The fourth-order valence-corrected chi connectivity index (χ4v) is 4.78. The highest BCUT2D eigenvalue weighted by Gasteiger charge is 2.46. The standard InChI is InChI=1S/C9H10BrNO.C9H7BrO.C4H8O.H3N.H2O/c10-6-1-2-7-5(3-6)4-8(12)9(7)11;10-6-1-2-7-5(3-6)4-8-9(7)11-8;1-2-4-5-3-1;;/h1-3,8-9,12H,4,11H2;1-3,8-9H,4H2;1-4H2;1H3;1H2/t8-,9-;8-,9+;;;/m00.../s1. The Balaban J connectivity index is 0.000000166. The van der Waals surface area contributed by atoms with E-state index in [1.165, 1.54) is 28.4 Å². The van der Waals surface area contributed by atoms with Gasteiger partial charge >= 0.3 is 0 Å². The van der Waals surface area contributed by atoms with Crippen molar-refractivity contribution in [2.45, 2.75) is 50.0 Å². The number of rotatable bonds is 0. The van der Waals surface area contributed by atoms with Crippen molar-refractivity contribution in [2.75, 3.05) is 13.2 Å². The molecule has 8 N–H and O–H groups in total. The summed E-state index contributed by atoms with van der Waals surface area (Å²) in [7, 11) is 0. The van der Waals surface area contributed by atoms with Crippen LogP contribution in [0, 0.1) is 0 Å². The number of halogens is 2. The van der Waals surface area contributed by atoms with E-state index in [1.807, 2.05) is 18.2 Å². The molecule has 30 heavy (non-hydrogen) atoms. The lowest BCUT2D eigenvalue weighted by Crippen LogP contribution is -2.21. The topological polar surface area (TPSA) is 135 Å². The van der Waals surface area contributed by atoms with Crippen LogP contribution in [0.1, 0.15) is 47.2 Å². The van der Waals surface area contributed by atoms with Gasteiger partial charge in [0, 0.05) is 35.0 Å². The molecule has 2 aromatic rings. The van der Waals surface area contributed by atoms with E-state index in [9.17, 15) is 5.11 Å². The summed E-state index contributed by atoms with van der Waals surface area (Å²) < 4.78 is 12.6. The normalized spacial score (nSPS) is 26.4. The maximum Gasteiger partial charge on any atom is 0.110 e. The average Bonchev–Trinajstić information content (AvgIpc) is 3.06. The molecule has 2 aliphatic carbocycles. The Morgan fingerprint density at radius 3 is 2.03 bits per heavy atom. The maximum atomic E-state index is 9.47. The predicted molar refractivity (Wildman–Crippen MR) is 125 cm³/mol. The van der Waals surface area contributed by atoms with E-state index in [0.717, 1.165) is 35.2 Å². The van der Waals surface area contributed by atoms with Gasteiger partial charge in [-0.2, -0.15) is 0 Å². The van der Waals surface area contributed by atoms with Gasteiger partial charge in [-0.1, -0.05) is 44.0 Å². The van der Waals surface area contributed by atoms with Gasteiger partial charge < -0.3 is 31.9 Å². The highest BCUT2D eigenvalue weighted by Crippen LogP contribution is 2.49. The molecule has 4 aliphatic rings. The van der Waals surface area contributed by atoms with Crippen molar-refractivity contribution in [2.24, 2.45) is 5.73 Å². The van der Waals surface area contributed by atoms with Crippen LogP contribution in [0.15, 0.2) is 45.3 Å². The van der Waals surface area contributed by atoms with Gasteiger partial charge in [-0.05, 0) is 59.4 Å². The Hall–Kier alpha value is -0.840. The largest absolute Gasteiger partial charge is 0.412 e. The van der Waals surface area contributed by atoms with Crippen LogP contribution in [0.25, 0.3) is 0 Å². The zero-order valence-corrected chi connectivity index (χ0v) is 20.0. The van der Waals surface area contributed by atoms with Crippen molar-refractivity contribution in [3.8, 4) is 0 Å². The molecule has 0 saturated carbocycles. The quantitative estimate of drug-likeness (QED) is 0.431. The molecule has 2 fully saturated rings. The second-order valence-electron chi connectivity index (χ2n) is 7.60. The minimum atomic E-state index is -0.408. The number of epoxide rings is 1. The second-order valence-corrected chi connectivity index (χ2v) is 9.43. The molecule has 8 heteroatoms. The number of hydrogen-bond donors (Lipinski definition) is 3. The zero-order valence-electron chi connectivity index (χ0n) is 16.8. The molecule has 2 heterocycles. The van der Waals surface area contributed by atoms with Gasteiger partial charge in [0.05, 0.1) is 18.2 Å². The molecule has 0 spiro atoms. The van der Waals surface area contributed by atoms with Crippen LogP contribution in [0.2, 0.25) is 0 Å². The van der Waals surface area contributed by atoms with E-state index in [1.54, 1.807) is 0 Å². The smallest absolute Gasteiger partial charge is 0.110 e. The van der Waals surface area contributed by atoms with Crippen molar-refractivity contribution in [1.29, 1.82) is 0 Å². The van der Waals surface area contributed by atoms with E-state index >= 15 is 0 Å². The monoisotopic (exact) mass is 544 g/mol. The van der Waals surface area contributed by atoms with E-state index < -0.39 is 6.10 Å². The van der Waals surface area contributed by atoms with Crippen LogP contribution in [0.3, 0.4) is 0 Å². The first kappa shape index (κ1) is 25.4. The van der Waals surface area contributed by atoms with Crippen molar-refractivity contribution in [3.05, 3.63) is 67.6 Å². The molecular formula is C22H30Br2N2O4. The summed E-state index contributed by atoms with van der Waals surface area (Å²) in [6.45, 7) is 2.00.